The molecule has 0 bridgehead atoms. The smallest absolute Gasteiger partial charge is 0.404 e. The Morgan fingerprint density at radius 1 is 1.44 bits per heavy atom. The van der Waals surface area contributed by atoms with Crippen molar-refractivity contribution >= 4 is 11.8 Å². The van der Waals surface area contributed by atoms with Crippen LogP contribution in [0.3, 0.4) is 0 Å². The van der Waals surface area contributed by atoms with Gasteiger partial charge in [-0.05, 0) is 6.42 Å². The van der Waals surface area contributed by atoms with Gasteiger partial charge in [0.1, 0.15) is 22.8 Å². The Hall–Kier alpha value is -2.50. The van der Waals surface area contributed by atoms with Crippen molar-refractivity contribution in [3.8, 4) is 6.07 Å². The Morgan fingerprint density at radius 3 is 2.52 bits per heavy atom. The fourth-order valence-corrected chi connectivity index (χ4v) is 3.25. The number of nitrogens with zero attached hydrogens (tertiary/aromatic N) is 1. The first-order valence-corrected chi connectivity index (χ1v) is 7.42. The van der Waals surface area contributed by atoms with Gasteiger partial charge in [0.15, 0.2) is 5.78 Å². The maximum absolute atomic E-state index is 14.2. The average Bonchev–Trinajstić information content (AvgIpc) is 2.50. The van der Waals surface area contributed by atoms with E-state index in [0.29, 0.717) is 0 Å². The predicted molar refractivity (Wildman–Crippen MR) is 78.1 cm³/mol. The fraction of sp³-hybridized carbons (Fsp3) is 0.562. The van der Waals surface area contributed by atoms with Gasteiger partial charge in [-0.3, -0.25) is 9.59 Å². The van der Waals surface area contributed by atoms with Crippen LogP contribution >= 0.6 is 0 Å². The standard InChI is InChI=1S/C16H17F3N2O4/c1-14(2)5-4-9(22)11-12(14)25-13(21)8(7-20)15(11,16(17,18)19)6-10(23)24-3/h4-6,21H2,1-3H3/t15-/m1/s1. The molecule has 25 heavy (non-hydrogen) atoms. The highest BCUT2D eigenvalue weighted by Crippen LogP contribution is 2.60. The minimum absolute atomic E-state index is 0.160. The molecule has 0 aromatic carbocycles. The number of Topliss-reactive ketones (excluding diaryl/α,β-unsaturated/α-hetero) is 1. The van der Waals surface area contributed by atoms with E-state index in [2.05, 4.69) is 4.74 Å². The average molecular weight is 358 g/mol. The summed E-state index contributed by atoms with van der Waals surface area (Å²) in [6, 6.07) is 1.38. The van der Waals surface area contributed by atoms with E-state index in [1.165, 1.54) is 6.07 Å². The van der Waals surface area contributed by atoms with E-state index < -0.39 is 52.2 Å². The lowest BCUT2D eigenvalue weighted by Crippen LogP contribution is -2.51. The van der Waals surface area contributed by atoms with Crippen LogP contribution in [-0.2, 0) is 19.1 Å². The lowest BCUT2D eigenvalue weighted by atomic mass is 9.62. The van der Waals surface area contributed by atoms with E-state index in [1.807, 2.05) is 0 Å². The number of methoxy groups -OCH3 is 1. The highest BCUT2D eigenvalue weighted by atomic mass is 19.4. The zero-order valence-corrected chi connectivity index (χ0v) is 13.9. The van der Waals surface area contributed by atoms with Crippen molar-refractivity contribution in [1.82, 2.24) is 0 Å². The maximum Gasteiger partial charge on any atom is 0.404 e. The third-order valence-electron chi connectivity index (χ3n) is 4.64. The van der Waals surface area contributed by atoms with Gasteiger partial charge in [-0.15, -0.1) is 0 Å². The Labute approximate surface area is 142 Å². The van der Waals surface area contributed by atoms with Gasteiger partial charge in [-0.25, -0.2) is 0 Å². The molecule has 0 spiro atoms. The van der Waals surface area contributed by atoms with E-state index in [0.717, 1.165) is 7.11 Å². The fourth-order valence-electron chi connectivity index (χ4n) is 3.25. The van der Waals surface area contributed by atoms with Crippen molar-refractivity contribution < 1.29 is 32.2 Å². The van der Waals surface area contributed by atoms with Crippen LogP contribution < -0.4 is 5.73 Å². The van der Waals surface area contributed by atoms with Gasteiger partial charge in [-0.1, -0.05) is 13.8 Å². The number of nitriles is 1. The molecule has 0 unspecified atom stereocenters. The van der Waals surface area contributed by atoms with Crippen LogP contribution in [0, 0.1) is 22.2 Å². The number of hydrogen-bond acceptors (Lipinski definition) is 6. The minimum atomic E-state index is -5.13. The molecule has 0 aromatic heterocycles. The summed E-state index contributed by atoms with van der Waals surface area (Å²) in [6.07, 6.45) is -6.30. The Morgan fingerprint density at radius 2 is 2.04 bits per heavy atom. The first-order chi connectivity index (χ1) is 11.4. The van der Waals surface area contributed by atoms with Crippen LogP contribution in [0.15, 0.2) is 22.8 Å². The van der Waals surface area contributed by atoms with E-state index in [4.69, 9.17) is 10.5 Å². The number of ether oxygens (including phenoxy) is 2. The molecule has 1 atom stereocenters. The van der Waals surface area contributed by atoms with Gasteiger partial charge in [-0.2, -0.15) is 18.4 Å². The number of rotatable bonds is 2. The Balaban J connectivity index is 2.92. The van der Waals surface area contributed by atoms with Crippen LogP contribution in [0.5, 0.6) is 0 Å². The predicted octanol–water partition coefficient (Wildman–Crippen LogP) is 2.47. The summed E-state index contributed by atoms with van der Waals surface area (Å²) in [5, 5.41) is 9.30. The molecular formula is C16H17F3N2O4. The highest BCUT2D eigenvalue weighted by Gasteiger charge is 2.67. The molecule has 9 heteroatoms. The summed E-state index contributed by atoms with van der Waals surface area (Å²) in [5.41, 5.74) is -0.238. The van der Waals surface area contributed by atoms with Gasteiger partial charge in [0.2, 0.25) is 5.88 Å². The zero-order chi connectivity index (χ0) is 19.2. The number of carbonyl (C=O) groups is 2. The second-order valence-corrected chi connectivity index (χ2v) is 6.62. The topological polar surface area (TPSA) is 102 Å². The van der Waals surface area contributed by atoms with Gasteiger partial charge in [0.25, 0.3) is 0 Å². The molecular weight excluding hydrogens is 341 g/mol. The molecule has 2 rings (SSSR count). The van der Waals surface area contributed by atoms with Gasteiger partial charge in [0, 0.05) is 11.8 Å². The minimum Gasteiger partial charge on any atom is -0.469 e. The lowest BCUT2D eigenvalue weighted by Gasteiger charge is -2.45. The van der Waals surface area contributed by atoms with E-state index in [9.17, 15) is 28.0 Å². The number of esters is 1. The number of hydrogen-bond donors (Lipinski definition) is 1. The molecule has 0 amide bonds. The van der Waals surface area contributed by atoms with Crippen LogP contribution in [0.2, 0.25) is 0 Å². The molecule has 1 aliphatic carbocycles. The van der Waals surface area contributed by atoms with E-state index in [-0.39, 0.29) is 18.6 Å². The van der Waals surface area contributed by atoms with Crippen molar-refractivity contribution in [2.24, 2.45) is 16.6 Å². The molecule has 1 aliphatic heterocycles. The molecule has 0 saturated carbocycles. The lowest BCUT2D eigenvalue weighted by molar-refractivity contribution is -0.207. The first kappa shape index (κ1) is 18.8. The van der Waals surface area contributed by atoms with Crippen LogP contribution in [-0.4, -0.2) is 25.0 Å². The van der Waals surface area contributed by atoms with Crippen molar-refractivity contribution in [2.75, 3.05) is 7.11 Å². The molecule has 1 heterocycles. The monoisotopic (exact) mass is 358 g/mol. The number of allylic oxidation sites excluding steroid dienone is 3. The van der Waals surface area contributed by atoms with Crippen molar-refractivity contribution in [3.63, 3.8) is 0 Å². The molecule has 0 aromatic rings. The molecule has 136 valence electrons. The van der Waals surface area contributed by atoms with E-state index in [1.54, 1.807) is 13.8 Å². The largest absolute Gasteiger partial charge is 0.469 e. The van der Waals surface area contributed by atoms with Gasteiger partial charge in [0.05, 0.1) is 19.1 Å². The summed E-state index contributed by atoms with van der Waals surface area (Å²) in [7, 11) is 0.923. The molecule has 0 fully saturated rings. The van der Waals surface area contributed by atoms with Crippen molar-refractivity contribution in [1.29, 1.82) is 5.26 Å². The summed E-state index contributed by atoms with van der Waals surface area (Å²) < 4.78 is 52.3. The van der Waals surface area contributed by atoms with Gasteiger partial charge >= 0.3 is 12.1 Å². The summed E-state index contributed by atoms with van der Waals surface area (Å²) in [4.78, 5) is 24.2. The Bertz CT molecular complexity index is 743. The van der Waals surface area contributed by atoms with Crippen LogP contribution in [0.4, 0.5) is 13.2 Å². The molecule has 2 aliphatic rings. The van der Waals surface area contributed by atoms with Crippen LogP contribution in [0.1, 0.15) is 33.1 Å². The normalized spacial score (nSPS) is 25.9. The van der Waals surface area contributed by atoms with Gasteiger partial charge < -0.3 is 15.2 Å². The third kappa shape index (κ3) is 2.65. The summed E-state index contributed by atoms with van der Waals surface area (Å²) in [5.74, 6) is -3.05. The number of halogens is 3. The number of ketones is 1. The van der Waals surface area contributed by atoms with Crippen molar-refractivity contribution in [3.05, 3.63) is 22.8 Å². The number of alkyl halides is 3. The number of nitrogens with two attached hydrogens (primary N) is 1. The first-order valence-electron chi connectivity index (χ1n) is 7.42. The summed E-state index contributed by atoms with van der Waals surface area (Å²) in [6.45, 7) is 3.22. The van der Waals surface area contributed by atoms with Crippen molar-refractivity contribution in [2.45, 2.75) is 39.3 Å². The third-order valence-corrected chi connectivity index (χ3v) is 4.64. The SMILES string of the molecule is COC(=O)C[C@@]1(C(F)(F)F)C(C#N)=C(N)OC2=C1C(=O)CCC2(C)C. The summed E-state index contributed by atoms with van der Waals surface area (Å²) >= 11 is 0. The maximum atomic E-state index is 14.2. The molecule has 6 nitrogen and oxygen atoms in total. The second kappa shape index (κ2) is 5.79. The molecule has 2 N–H and O–H groups in total. The Kier molecular flexibility index (Phi) is 4.36. The van der Waals surface area contributed by atoms with E-state index >= 15 is 0 Å². The van der Waals surface area contributed by atoms with Crippen LogP contribution in [0.25, 0.3) is 0 Å². The highest BCUT2D eigenvalue weighted by molar-refractivity contribution is 6.00. The molecule has 0 radical (unpaired) electrons. The molecule has 0 saturated heterocycles. The second-order valence-electron chi connectivity index (χ2n) is 6.62. The zero-order valence-electron chi connectivity index (χ0n) is 13.9. The quantitative estimate of drug-likeness (QED) is 0.761. The number of carbonyl (C=O) groups excluding carboxylic acids is 2.